The van der Waals surface area contributed by atoms with Crippen molar-refractivity contribution < 1.29 is 31.9 Å². The van der Waals surface area contributed by atoms with E-state index < -0.39 is 39.6 Å². The molecule has 2 aromatic carbocycles. The normalized spacial score (nSPS) is 12.0. The van der Waals surface area contributed by atoms with Gasteiger partial charge in [0.1, 0.15) is 11.1 Å². The molecule has 2 amide bonds. The summed E-state index contributed by atoms with van der Waals surface area (Å²) >= 11 is 1.04. The van der Waals surface area contributed by atoms with Gasteiger partial charge in [-0.3, -0.25) is 14.4 Å². The van der Waals surface area contributed by atoms with Gasteiger partial charge in [-0.05, 0) is 55.3 Å². The number of rotatable bonds is 11. The predicted molar refractivity (Wildman–Crippen MR) is 122 cm³/mol. The first-order valence-corrected chi connectivity index (χ1v) is 12.4. The van der Waals surface area contributed by atoms with Gasteiger partial charge in [0, 0.05) is 12.2 Å². The summed E-state index contributed by atoms with van der Waals surface area (Å²) < 4.78 is 40.3. The molecule has 2 aromatic rings. The molecule has 4 N–H and O–H groups in total. The number of thioether (sulfide) groups is 1. The molecule has 0 bridgehead atoms. The molecule has 33 heavy (non-hydrogen) atoms. The lowest BCUT2D eigenvalue weighted by Crippen LogP contribution is -2.32. The fourth-order valence-corrected chi connectivity index (χ4v) is 3.69. The van der Waals surface area contributed by atoms with Crippen LogP contribution in [0.3, 0.4) is 0 Å². The van der Waals surface area contributed by atoms with Crippen LogP contribution in [-0.2, 0) is 35.6 Å². The van der Waals surface area contributed by atoms with Gasteiger partial charge in [-0.2, -0.15) is 0 Å². The quantitative estimate of drug-likeness (QED) is 0.398. The van der Waals surface area contributed by atoms with Crippen molar-refractivity contribution in [2.45, 2.75) is 23.5 Å². The van der Waals surface area contributed by atoms with Crippen molar-refractivity contribution in [3.8, 4) is 0 Å². The molecule has 178 valence electrons. The maximum Gasteiger partial charge on any atom is 0.319 e. The first-order valence-electron chi connectivity index (χ1n) is 9.76. The van der Waals surface area contributed by atoms with Crippen LogP contribution in [0, 0.1) is 5.82 Å². The molecule has 0 aliphatic heterocycles. The highest BCUT2D eigenvalue weighted by Gasteiger charge is 2.18. The molecule has 12 heteroatoms. The zero-order valence-electron chi connectivity index (χ0n) is 17.7. The standard InChI is InChI=1S/C21H24FN3O6S2/c1-14(32-13-20(27)25-17-6-4-16(22)5-7-17)21(28)31-12-19(26)24-11-10-15-2-8-18(9-3-15)33(23,29)30/h2-9,14H,10-13H2,1H3,(H,24,26)(H,25,27)(H2,23,29,30). The molecule has 0 fully saturated rings. The first-order chi connectivity index (χ1) is 15.5. The monoisotopic (exact) mass is 497 g/mol. The highest BCUT2D eigenvalue weighted by molar-refractivity contribution is 8.01. The summed E-state index contributed by atoms with van der Waals surface area (Å²) in [6.07, 6.45) is 0.444. The van der Waals surface area contributed by atoms with E-state index in [9.17, 15) is 27.2 Å². The van der Waals surface area contributed by atoms with Crippen LogP contribution in [0.2, 0.25) is 0 Å². The fraction of sp³-hybridized carbons (Fsp3) is 0.286. The first kappa shape index (κ1) is 26.3. The second kappa shape index (κ2) is 12.3. The molecule has 1 unspecified atom stereocenters. The molecule has 0 aliphatic rings. The number of carbonyl (C=O) groups is 3. The second-order valence-corrected chi connectivity index (χ2v) is 9.80. The minimum Gasteiger partial charge on any atom is -0.455 e. The van der Waals surface area contributed by atoms with Gasteiger partial charge in [0.25, 0.3) is 5.91 Å². The van der Waals surface area contributed by atoms with E-state index in [-0.39, 0.29) is 23.1 Å². The fourth-order valence-electron chi connectivity index (χ4n) is 2.50. The van der Waals surface area contributed by atoms with Gasteiger partial charge in [0.05, 0.1) is 10.6 Å². The Hall–Kier alpha value is -2.96. The Labute approximate surface area is 195 Å². The van der Waals surface area contributed by atoms with Gasteiger partial charge in [-0.15, -0.1) is 11.8 Å². The van der Waals surface area contributed by atoms with Gasteiger partial charge >= 0.3 is 5.97 Å². The van der Waals surface area contributed by atoms with E-state index in [2.05, 4.69) is 10.6 Å². The number of hydrogen-bond acceptors (Lipinski definition) is 7. The van der Waals surface area contributed by atoms with Crippen LogP contribution in [0.4, 0.5) is 10.1 Å². The van der Waals surface area contributed by atoms with E-state index >= 15 is 0 Å². The van der Waals surface area contributed by atoms with Crippen LogP contribution in [0.1, 0.15) is 12.5 Å². The van der Waals surface area contributed by atoms with E-state index in [0.29, 0.717) is 12.1 Å². The van der Waals surface area contributed by atoms with Crippen LogP contribution in [0.5, 0.6) is 0 Å². The number of primary sulfonamides is 1. The number of hydrogen-bond donors (Lipinski definition) is 3. The number of benzene rings is 2. The Morgan fingerprint density at radius 1 is 1.06 bits per heavy atom. The average molecular weight is 498 g/mol. The minimum atomic E-state index is -3.76. The van der Waals surface area contributed by atoms with Gasteiger partial charge in [0.15, 0.2) is 6.61 Å². The number of sulfonamides is 1. The summed E-state index contributed by atoms with van der Waals surface area (Å²) in [6.45, 7) is 1.36. The van der Waals surface area contributed by atoms with Crippen LogP contribution in [0.25, 0.3) is 0 Å². The van der Waals surface area contributed by atoms with Gasteiger partial charge in [-0.1, -0.05) is 12.1 Å². The summed E-state index contributed by atoms with van der Waals surface area (Å²) in [5, 5.41) is 9.54. The van der Waals surface area contributed by atoms with E-state index in [4.69, 9.17) is 9.88 Å². The second-order valence-electron chi connectivity index (χ2n) is 6.90. The summed E-state index contributed by atoms with van der Waals surface area (Å²) in [6, 6.07) is 11.2. The van der Waals surface area contributed by atoms with Crippen molar-refractivity contribution in [3.63, 3.8) is 0 Å². The van der Waals surface area contributed by atoms with Crippen molar-refractivity contribution in [2.24, 2.45) is 5.14 Å². The number of nitrogens with two attached hydrogens (primary N) is 1. The lowest BCUT2D eigenvalue weighted by Gasteiger charge is -2.12. The SMILES string of the molecule is CC(SCC(=O)Nc1ccc(F)cc1)C(=O)OCC(=O)NCCc1ccc(S(N)(=O)=O)cc1. The highest BCUT2D eigenvalue weighted by atomic mass is 32.2. The van der Waals surface area contributed by atoms with Crippen LogP contribution in [0.15, 0.2) is 53.4 Å². The maximum atomic E-state index is 12.9. The highest BCUT2D eigenvalue weighted by Crippen LogP contribution is 2.14. The number of esters is 1. The number of amides is 2. The van der Waals surface area contributed by atoms with Gasteiger partial charge in [-0.25, -0.2) is 17.9 Å². The number of ether oxygens (including phenoxy) is 1. The zero-order valence-corrected chi connectivity index (χ0v) is 19.4. The molecule has 0 aliphatic carbocycles. The molecule has 0 saturated heterocycles. The number of halogens is 1. The van der Waals surface area contributed by atoms with Crippen molar-refractivity contribution in [3.05, 3.63) is 59.9 Å². The third-order valence-corrected chi connectivity index (χ3v) is 6.31. The molecular formula is C21H24FN3O6S2. The third-order valence-electron chi connectivity index (χ3n) is 4.26. The van der Waals surface area contributed by atoms with Crippen LogP contribution in [-0.4, -0.2) is 50.4 Å². The summed E-state index contributed by atoms with van der Waals surface area (Å²) in [4.78, 5) is 35.8. The lowest BCUT2D eigenvalue weighted by molar-refractivity contribution is -0.147. The van der Waals surface area contributed by atoms with Crippen LogP contribution < -0.4 is 15.8 Å². The van der Waals surface area contributed by atoms with E-state index in [1.807, 2.05) is 0 Å². The smallest absolute Gasteiger partial charge is 0.319 e. The van der Waals surface area contributed by atoms with Crippen molar-refractivity contribution in [1.29, 1.82) is 0 Å². The number of anilines is 1. The molecule has 0 heterocycles. The molecular weight excluding hydrogens is 473 g/mol. The van der Waals surface area contributed by atoms with Gasteiger partial charge in [0.2, 0.25) is 15.9 Å². The Kier molecular flexibility index (Phi) is 9.82. The predicted octanol–water partition coefficient (Wildman–Crippen LogP) is 1.44. The molecule has 9 nitrogen and oxygen atoms in total. The van der Waals surface area contributed by atoms with E-state index in [1.165, 1.54) is 36.4 Å². The zero-order chi connectivity index (χ0) is 24.4. The Morgan fingerprint density at radius 3 is 2.30 bits per heavy atom. The largest absolute Gasteiger partial charge is 0.455 e. The van der Waals surface area contributed by atoms with Gasteiger partial charge < -0.3 is 15.4 Å². The van der Waals surface area contributed by atoms with Crippen molar-refractivity contribution in [2.75, 3.05) is 24.2 Å². The van der Waals surface area contributed by atoms with E-state index in [0.717, 1.165) is 17.3 Å². The Morgan fingerprint density at radius 2 is 1.70 bits per heavy atom. The molecule has 2 rings (SSSR count). The van der Waals surface area contributed by atoms with Crippen molar-refractivity contribution in [1.82, 2.24) is 5.32 Å². The maximum absolute atomic E-state index is 12.9. The Balaban J connectivity index is 1.63. The lowest BCUT2D eigenvalue weighted by atomic mass is 10.1. The summed E-state index contributed by atoms with van der Waals surface area (Å²) in [5.41, 5.74) is 1.23. The number of carbonyl (C=O) groups excluding carboxylic acids is 3. The average Bonchev–Trinajstić information content (AvgIpc) is 2.77. The topological polar surface area (TPSA) is 145 Å². The van der Waals surface area contributed by atoms with Crippen molar-refractivity contribution >= 4 is 45.3 Å². The molecule has 0 saturated carbocycles. The molecule has 1 atom stereocenters. The van der Waals surface area contributed by atoms with E-state index in [1.54, 1.807) is 19.1 Å². The summed E-state index contributed by atoms with van der Waals surface area (Å²) in [7, 11) is -3.76. The third kappa shape index (κ3) is 9.60. The van der Waals surface area contributed by atoms with Crippen LogP contribution >= 0.6 is 11.8 Å². The summed E-state index contributed by atoms with van der Waals surface area (Å²) in [5.74, 6) is -1.92. The molecule has 0 spiro atoms. The molecule has 0 aromatic heterocycles. The number of nitrogens with one attached hydrogen (secondary N) is 2. The molecule has 0 radical (unpaired) electrons. The minimum absolute atomic E-state index is 0.00197. The Bertz CT molecular complexity index is 1080.